The zero-order valence-corrected chi connectivity index (χ0v) is 15.0. The molecule has 4 rings (SSSR count). The van der Waals surface area contributed by atoms with Crippen molar-refractivity contribution in [1.29, 1.82) is 0 Å². The van der Waals surface area contributed by atoms with Crippen LogP contribution in [0.1, 0.15) is 31.2 Å². The number of hydrogen-bond acceptors (Lipinski definition) is 8. The predicted octanol–water partition coefficient (Wildman–Crippen LogP) is -1.76. The summed E-state index contributed by atoms with van der Waals surface area (Å²) in [7, 11) is 0. The molecule has 2 fully saturated rings. The summed E-state index contributed by atoms with van der Waals surface area (Å²) in [5, 5.41) is 38.7. The van der Waals surface area contributed by atoms with Gasteiger partial charge in [-0.15, -0.1) is 12.3 Å². The first-order chi connectivity index (χ1) is 12.9. The van der Waals surface area contributed by atoms with Crippen molar-refractivity contribution in [3.05, 3.63) is 30.7 Å². The van der Waals surface area contributed by atoms with E-state index < -0.39 is 24.5 Å². The number of aliphatic hydroxyl groups is 3. The molecule has 0 spiro atoms. The van der Waals surface area contributed by atoms with Crippen molar-refractivity contribution in [3.63, 3.8) is 0 Å². The van der Waals surface area contributed by atoms with E-state index >= 15 is 0 Å². The fourth-order valence-corrected chi connectivity index (χ4v) is 3.28. The number of nitrogens with one attached hydrogen (secondary N) is 1. The van der Waals surface area contributed by atoms with E-state index in [-0.39, 0.29) is 18.3 Å². The number of ether oxygens (including phenoxy) is 2. The van der Waals surface area contributed by atoms with Crippen LogP contribution in [0.3, 0.4) is 0 Å². The maximum atomic E-state index is 10.2. The maximum absolute atomic E-state index is 10.2. The van der Waals surface area contributed by atoms with Gasteiger partial charge >= 0.3 is 5.65 Å². The molecule has 5 atom stereocenters. The number of imidazole rings is 1. The molecule has 4 N–H and O–H groups in total. The standard InChI is InChI=1S/C14H18N4O5.C3H6O/c19-3-8-11(20)12(21)14(23-8)18-6-17-10-9(7-1-2-22-4-7)15-5-16-13(10)18;1-3(2)4/h5-8,11-12,14,19-21H,1-4H2;4H,1H2,2H3. The zero-order valence-electron chi connectivity index (χ0n) is 15.0. The molecule has 2 aromatic rings. The summed E-state index contributed by atoms with van der Waals surface area (Å²) < 4.78 is 12.6. The lowest BCUT2D eigenvalue weighted by molar-refractivity contribution is -0.745. The Hall–Kier alpha value is -2.11. The summed E-state index contributed by atoms with van der Waals surface area (Å²) in [5.41, 5.74) is 2.22. The van der Waals surface area contributed by atoms with Crippen molar-refractivity contribution in [1.82, 2.24) is 15.0 Å². The van der Waals surface area contributed by atoms with E-state index in [0.29, 0.717) is 18.9 Å². The number of H-pyrrole nitrogens is 1. The van der Waals surface area contributed by atoms with Gasteiger partial charge in [-0.1, -0.05) is 11.9 Å². The molecule has 2 aromatic heterocycles. The fourth-order valence-electron chi connectivity index (χ4n) is 3.28. The normalized spacial score (nSPS) is 30.3. The first kappa shape index (κ1) is 19.6. The van der Waals surface area contributed by atoms with Crippen molar-refractivity contribution in [2.24, 2.45) is 0 Å². The van der Waals surface area contributed by atoms with E-state index in [4.69, 9.17) is 9.47 Å². The molecule has 5 unspecified atom stereocenters. The van der Waals surface area contributed by atoms with E-state index in [9.17, 15) is 20.4 Å². The number of allylic oxidation sites excluding steroid dienone is 1. The molecular weight excluding hydrogens is 356 g/mol. The Morgan fingerprint density at radius 1 is 1.41 bits per heavy atom. The van der Waals surface area contributed by atoms with Gasteiger partial charge in [-0.3, -0.25) is 4.98 Å². The van der Waals surface area contributed by atoms with E-state index in [2.05, 4.69) is 21.5 Å². The smallest absolute Gasteiger partial charge is 0.307 e. The van der Waals surface area contributed by atoms with E-state index in [1.165, 1.54) is 13.3 Å². The lowest BCUT2D eigenvalue weighted by Gasteiger charge is -2.12. The summed E-state index contributed by atoms with van der Waals surface area (Å²) in [6.07, 6.45) is 0.0754. The van der Waals surface area contributed by atoms with Gasteiger partial charge in [0.1, 0.15) is 18.3 Å². The predicted molar refractivity (Wildman–Crippen MR) is 90.1 cm³/mol. The minimum absolute atomic E-state index is 0.0833. The molecule has 148 valence electrons. The molecular formula is C17H24N4O6. The van der Waals surface area contributed by atoms with Crippen LogP contribution >= 0.6 is 0 Å². The SMILES string of the molecule is C=C(C)[O-].OCC1OC([n+]2c[nH]c3c(C4CCOC4)ncnc32)C(O)C1O. The van der Waals surface area contributed by atoms with Gasteiger partial charge in [0.15, 0.2) is 18.2 Å². The number of hydrogen-bond donors (Lipinski definition) is 4. The second-order valence-corrected chi connectivity index (χ2v) is 6.63. The molecule has 2 aliphatic heterocycles. The van der Waals surface area contributed by atoms with Gasteiger partial charge in [-0.05, 0) is 6.42 Å². The largest absolute Gasteiger partial charge is 0.876 e. The third-order valence-electron chi connectivity index (χ3n) is 4.56. The second-order valence-electron chi connectivity index (χ2n) is 6.63. The monoisotopic (exact) mass is 380 g/mol. The Morgan fingerprint density at radius 2 is 2.15 bits per heavy atom. The lowest BCUT2D eigenvalue weighted by Crippen LogP contribution is -2.45. The number of aromatic nitrogens is 4. The summed E-state index contributed by atoms with van der Waals surface area (Å²) in [6.45, 7) is 5.39. The molecule has 10 nitrogen and oxygen atoms in total. The van der Waals surface area contributed by atoms with Crippen LogP contribution in [0.5, 0.6) is 0 Å². The number of aliphatic hydroxyl groups excluding tert-OH is 3. The molecule has 0 radical (unpaired) electrons. The third-order valence-corrected chi connectivity index (χ3v) is 4.56. The number of nitrogens with zero attached hydrogens (tertiary/aromatic N) is 3. The van der Waals surface area contributed by atoms with Crippen LogP contribution in [0.15, 0.2) is 25.0 Å². The zero-order chi connectivity index (χ0) is 19.6. The molecule has 0 aromatic carbocycles. The van der Waals surface area contributed by atoms with Crippen LogP contribution in [0.4, 0.5) is 0 Å². The van der Waals surface area contributed by atoms with Gasteiger partial charge < -0.3 is 29.9 Å². The number of fused-ring (bicyclic) bond motifs is 1. The highest BCUT2D eigenvalue weighted by Crippen LogP contribution is 2.29. The number of rotatable bonds is 3. The van der Waals surface area contributed by atoms with Crippen molar-refractivity contribution >= 4 is 11.2 Å². The Kier molecular flexibility index (Phi) is 6.02. The molecule has 0 aliphatic carbocycles. The quantitative estimate of drug-likeness (QED) is 0.362. The highest BCUT2D eigenvalue weighted by molar-refractivity contribution is 5.69. The van der Waals surface area contributed by atoms with Gasteiger partial charge in [-0.25, -0.2) is 9.55 Å². The first-order valence-electron chi connectivity index (χ1n) is 8.69. The average Bonchev–Trinajstić information content (AvgIpc) is 3.35. The average molecular weight is 380 g/mol. The lowest BCUT2D eigenvalue weighted by atomic mass is 10.0. The van der Waals surface area contributed by atoms with Gasteiger partial charge in [0.25, 0.3) is 0 Å². The second kappa shape index (κ2) is 8.28. The van der Waals surface area contributed by atoms with Crippen molar-refractivity contribution < 1.29 is 34.5 Å². The Morgan fingerprint density at radius 3 is 2.74 bits per heavy atom. The van der Waals surface area contributed by atoms with Crippen LogP contribution in [0.25, 0.3) is 11.2 Å². The highest BCUT2D eigenvalue weighted by atomic mass is 16.6. The molecule has 4 heterocycles. The Balaban J connectivity index is 0.000000481. The van der Waals surface area contributed by atoms with Crippen LogP contribution < -0.4 is 9.67 Å². The topological polar surface area (TPSA) is 148 Å². The summed E-state index contributed by atoms with van der Waals surface area (Å²) in [4.78, 5) is 11.8. The Bertz CT molecular complexity index is 787. The Labute approximate surface area is 155 Å². The molecule has 27 heavy (non-hydrogen) atoms. The first-order valence-corrected chi connectivity index (χ1v) is 8.69. The summed E-state index contributed by atoms with van der Waals surface area (Å²) >= 11 is 0. The molecule has 0 amide bonds. The fraction of sp³-hybridized carbons (Fsp3) is 0.588. The third kappa shape index (κ3) is 3.94. The van der Waals surface area contributed by atoms with E-state index in [1.807, 2.05) is 0 Å². The van der Waals surface area contributed by atoms with Gasteiger partial charge in [0.05, 0.1) is 18.9 Å². The van der Waals surface area contributed by atoms with Gasteiger partial charge in [0.2, 0.25) is 6.23 Å². The molecule has 0 bridgehead atoms. The van der Waals surface area contributed by atoms with Crippen molar-refractivity contribution in [3.8, 4) is 0 Å². The van der Waals surface area contributed by atoms with Crippen LogP contribution in [0, 0.1) is 0 Å². The van der Waals surface area contributed by atoms with Crippen molar-refractivity contribution in [2.75, 3.05) is 19.8 Å². The highest BCUT2D eigenvalue weighted by Gasteiger charge is 2.46. The minimum Gasteiger partial charge on any atom is -0.876 e. The van der Waals surface area contributed by atoms with E-state index in [0.717, 1.165) is 17.6 Å². The van der Waals surface area contributed by atoms with Gasteiger partial charge in [0, 0.05) is 12.5 Å². The summed E-state index contributed by atoms with van der Waals surface area (Å²) in [5.74, 6) is 0.123. The van der Waals surface area contributed by atoms with Crippen LogP contribution in [0.2, 0.25) is 0 Å². The molecule has 2 saturated heterocycles. The van der Waals surface area contributed by atoms with Crippen LogP contribution in [-0.2, 0) is 9.47 Å². The molecule has 10 heteroatoms. The van der Waals surface area contributed by atoms with Crippen molar-refractivity contribution in [2.45, 2.75) is 43.8 Å². The van der Waals surface area contributed by atoms with Crippen LogP contribution in [-0.4, -0.2) is 68.4 Å². The van der Waals surface area contributed by atoms with E-state index in [1.54, 1.807) is 10.9 Å². The number of aromatic amines is 1. The summed E-state index contributed by atoms with van der Waals surface area (Å²) in [6, 6.07) is 0. The molecule has 0 saturated carbocycles. The molecule has 2 aliphatic rings. The van der Waals surface area contributed by atoms with Gasteiger partial charge in [-0.2, -0.15) is 0 Å². The maximum Gasteiger partial charge on any atom is 0.307 e. The minimum atomic E-state index is -1.15.